The van der Waals surface area contributed by atoms with Gasteiger partial charge in [0.15, 0.2) is 0 Å². The van der Waals surface area contributed by atoms with Crippen LogP contribution in [0.5, 0.6) is 5.88 Å². The standard InChI is InChI=1S/C22H20N6O2/c1-12-13(2)21(27-11-15(12)10-23)22(29)28-16-4-5-18(24)17(9-16)20(25)14-6-7-26-19(8-14)30-3/h4-9,11,25H,24H2,1-3H3,(H,28,29). The third-order valence-corrected chi connectivity index (χ3v) is 4.79. The molecule has 3 aromatic rings. The molecule has 0 spiro atoms. The van der Waals surface area contributed by atoms with Crippen molar-refractivity contribution < 1.29 is 9.53 Å². The third kappa shape index (κ3) is 3.95. The molecule has 2 heterocycles. The number of hydrogen-bond acceptors (Lipinski definition) is 7. The highest BCUT2D eigenvalue weighted by atomic mass is 16.5. The van der Waals surface area contributed by atoms with Gasteiger partial charge < -0.3 is 15.8 Å². The monoisotopic (exact) mass is 400 g/mol. The van der Waals surface area contributed by atoms with Gasteiger partial charge in [-0.3, -0.25) is 10.2 Å². The van der Waals surface area contributed by atoms with Crippen molar-refractivity contribution in [2.24, 2.45) is 0 Å². The van der Waals surface area contributed by atoms with Crippen LogP contribution in [-0.4, -0.2) is 28.7 Å². The fourth-order valence-corrected chi connectivity index (χ4v) is 2.92. The Morgan fingerprint density at radius 3 is 2.67 bits per heavy atom. The lowest BCUT2D eigenvalue weighted by atomic mass is 10.0. The molecule has 0 saturated carbocycles. The molecule has 0 aliphatic rings. The third-order valence-electron chi connectivity index (χ3n) is 4.79. The number of ether oxygens (including phenoxy) is 1. The second-order valence-corrected chi connectivity index (χ2v) is 6.60. The maximum absolute atomic E-state index is 12.7. The summed E-state index contributed by atoms with van der Waals surface area (Å²) in [5.74, 6) is -0.0223. The van der Waals surface area contributed by atoms with Crippen LogP contribution in [0.1, 0.15) is 38.3 Å². The van der Waals surface area contributed by atoms with Gasteiger partial charge >= 0.3 is 0 Å². The van der Waals surface area contributed by atoms with Crippen LogP contribution in [0.4, 0.5) is 11.4 Å². The average Bonchev–Trinajstić information content (AvgIpc) is 2.76. The van der Waals surface area contributed by atoms with E-state index in [1.807, 2.05) is 0 Å². The molecular weight excluding hydrogens is 380 g/mol. The van der Waals surface area contributed by atoms with Crippen LogP contribution in [-0.2, 0) is 0 Å². The molecule has 0 aliphatic carbocycles. The lowest BCUT2D eigenvalue weighted by Gasteiger charge is -2.13. The SMILES string of the molecule is COc1cc(C(=N)c2cc(NC(=O)c3ncc(C#N)c(C)c3C)ccc2N)ccn1. The number of nitrogens with zero attached hydrogens (tertiary/aromatic N) is 3. The Kier molecular flexibility index (Phi) is 5.74. The number of hydrogen-bond donors (Lipinski definition) is 3. The van der Waals surface area contributed by atoms with Gasteiger partial charge in [-0.25, -0.2) is 9.97 Å². The lowest BCUT2D eigenvalue weighted by molar-refractivity contribution is 0.102. The quantitative estimate of drug-likeness (QED) is 0.444. The van der Waals surface area contributed by atoms with Crippen molar-refractivity contribution in [3.63, 3.8) is 0 Å². The van der Waals surface area contributed by atoms with Crippen LogP contribution in [0.15, 0.2) is 42.7 Å². The van der Waals surface area contributed by atoms with E-state index >= 15 is 0 Å². The van der Waals surface area contributed by atoms with Crippen molar-refractivity contribution in [2.75, 3.05) is 18.2 Å². The van der Waals surface area contributed by atoms with Gasteiger partial charge in [0.1, 0.15) is 11.8 Å². The zero-order chi connectivity index (χ0) is 21.8. The number of pyridine rings is 2. The first-order chi connectivity index (χ1) is 14.3. The highest BCUT2D eigenvalue weighted by Gasteiger charge is 2.16. The largest absolute Gasteiger partial charge is 0.481 e. The van der Waals surface area contributed by atoms with Crippen LogP contribution in [0, 0.1) is 30.6 Å². The van der Waals surface area contributed by atoms with Crippen LogP contribution >= 0.6 is 0 Å². The predicted molar refractivity (Wildman–Crippen MR) is 114 cm³/mol. The van der Waals surface area contributed by atoms with E-state index in [0.29, 0.717) is 45.1 Å². The smallest absolute Gasteiger partial charge is 0.274 e. The Morgan fingerprint density at radius 1 is 1.20 bits per heavy atom. The number of nitriles is 1. The van der Waals surface area contributed by atoms with E-state index in [2.05, 4.69) is 21.4 Å². The van der Waals surface area contributed by atoms with Crippen molar-refractivity contribution >= 4 is 23.0 Å². The summed E-state index contributed by atoms with van der Waals surface area (Å²) in [4.78, 5) is 20.9. The summed E-state index contributed by atoms with van der Waals surface area (Å²) in [6, 6.07) is 10.3. The van der Waals surface area contributed by atoms with Gasteiger partial charge in [-0.05, 0) is 49.2 Å². The highest BCUT2D eigenvalue weighted by Crippen LogP contribution is 2.23. The molecule has 0 bridgehead atoms. The van der Waals surface area contributed by atoms with Crippen molar-refractivity contribution in [1.29, 1.82) is 10.7 Å². The summed E-state index contributed by atoms with van der Waals surface area (Å²) >= 11 is 0. The maximum atomic E-state index is 12.7. The molecule has 0 radical (unpaired) electrons. The van der Waals surface area contributed by atoms with Gasteiger partial charge in [0.05, 0.1) is 18.4 Å². The van der Waals surface area contributed by atoms with Gasteiger partial charge in [-0.2, -0.15) is 5.26 Å². The fourth-order valence-electron chi connectivity index (χ4n) is 2.92. The molecule has 0 saturated heterocycles. The Labute approximate surface area is 173 Å². The normalized spacial score (nSPS) is 10.2. The number of anilines is 2. The first kappa shape index (κ1) is 20.5. The number of nitrogens with one attached hydrogen (secondary N) is 2. The number of nitrogens with two attached hydrogens (primary N) is 1. The number of amides is 1. The van der Waals surface area contributed by atoms with Crippen LogP contribution < -0.4 is 15.8 Å². The molecule has 150 valence electrons. The van der Waals surface area contributed by atoms with E-state index in [0.717, 1.165) is 0 Å². The fraction of sp³-hybridized carbons (Fsp3) is 0.136. The molecule has 0 fully saturated rings. The van der Waals surface area contributed by atoms with Crippen molar-refractivity contribution in [3.8, 4) is 11.9 Å². The summed E-state index contributed by atoms with van der Waals surface area (Å²) in [7, 11) is 1.50. The minimum Gasteiger partial charge on any atom is -0.481 e. The number of aromatic nitrogens is 2. The van der Waals surface area contributed by atoms with E-state index in [4.69, 9.17) is 21.1 Å². The average molecular weight is 400 g/mol. The molecule has 0 atom stereocenters. The molecule has 0 aliphatic heterocycles. The van der Waals surface area contributed by atoms with Gasteiger partial charge in [-0.1, -0.05) is 0 Å². The lowest BCUT2D eigenvalue weighted by Crippen LogP contribution is -2.17. The second-order valence-electron chi connectivity index (χ2n) is 6.60. The first-order valence-electron chi connectivity index (χ1n) is 9.02. The summed E-state index contributed by atoms with van der Waals surface area (Å²) in [6.45, 7) is 3.52. The molecule has 8 heteroatoms. The Hall–Kier alpha value is -4.25. The number of benzene rings is 1. The minimum atomic E-state index is -0.409. The number of methoxy groups -OCH3 is 1. The van der Waals surface area contributed by atoms with E-state index in [1.165, 1.54) is 13.3 Å². The highest BCUT2D eigenvalue weighted by molar-refractivity contribution is 6.15. The number of carbonyl (C=O) groups excluding carboxylic acids is 1. The summed E-state index contributed by atoms with van der Waals surface area (Å²) < 4.78 is 5.11. The van der Waals surface area contributed by atoms with Crippen molar-refractivity contribution in [3.05, 3.63) is 76.2 Å². The van der Waals surface area contributed by atoms with E-state index in [-0.39, 0.29) is 11.4 Å². The Balaban J connectivity index is 1.90. The Bertz CT molecular complexity index is 1200. The van der Waals surface area contributed by atoms with E-state index < -0.39 is 5.91 Å². The summed E-state index contributed by atoms with van der Waals surface area (Å²) in [6.07, 6.45) is 2.93. The number of carbonyl (C=O) groups is 1. The zero-order valence-electron chi connectivity index (χ0n) is 16.8. The Morgan fingerprint density at radius 2 is 1.97 bits per heavy atom. The second kappa shape index (κ2) is 8.41. The molecule has 4 N–H and O–H groups in total. The minimum absolute atomic E-state index is 0.174. The molecular formula is C22H20N6O2. The van der Waals surface area contributed by atoms with Gasteiger partial charge in [-0.15, -0.1) is 0 Å². The molecule has 8 nitrogen and oxygen atoms in total. The van der Waals surface area contributed by atoms with Gasteiger partial charge in [0.25, 0.3) is 5.91 Å². The van der Waals surface area contributed by atoms with Gasteiger partial charge in [0, 0.05) is 41.0 Å². The van der Waals surface area contributed by atoms with Crippen molar-refractivity contribution in [1.82, 2.24) is 9.97 Å². The summed E-state index contributed by atoms with van der Waals surface area (Å²) in [5.41, 5.74) is 10.2. The van der Waals surface area contributed by atoms with Gasteiger partial charge in [0.2, 0.25) is 5.88 Å². The molecule has 1 aromatic carbocycles. The number of rotatable bonds is 5. The molecule has 30 heavy (non-hydrogen) atoms. The van der Waals surface area contributed by atoms with E-state index in [1.54, 1.807) is 50.4 Å². The van der Waals surface area contributed by atoms with E-state index in [9.17, 15) is 4.79 Å². The molecule has 3 rings (SSSR count). The van der Waals surface area contributed by atoms with Crippen LogP contribution in [0.2, 0.25) is 0 Å². The van der Waals surface area contributed by atoms with Crippen LogP contribution in [0.25, 0.3) is 0 Å². The molecule has 2 aromatic heterocycles. The maximum Gasteiger partial charge on any atom is 0.274 e. The zero-order valence-corrected chi connectivity index (χ0v) is 16.8. The summed E-state index contributed by atoms with van der Waals surface area (Å²) in [5, 5.41) is 20.4. The number of nitrogen functional groups attached to an aromatic ring is 1. The van der Waals surface area contributed by atoms with Crippen LogP contribution in [0.3, 0.4) is 0 Å². The topological polar surface area (TPSA) is 138 Å². The first-order valence-corrected chi connectivity index (χ1v) is 9.02. The molecule has 1 amide bonds. The van der Waals surface area contributed by atoms with Crippen molar-refractivity contribution in [2.45, 2.75) is 13.8 Å². The molecule has 0 unspecified atom stereocenters. The predicted octanol–water partition coefficient (Wildman–Crippen LogP) is 3.22.